The van der Waals surface area contributed by atoms with Crippen LogP contribution in [0.3, 0.4) is 0 Å². The van der Waals surface area contributed by atoms with Gasteiger partial charge in [0.15, 0.2) is 0 Å². The van der Waals surface area contributed by atoms with Crippen molar-refractivity contribution < 1.29 is 9.28 Å². The molecule has 0 saturated heterocycles. The van der Waals surface area contributed by atoms with E-state index in [2.05, 4.69) is 28.8 Å². The van der Waals surface area contributed by atoms with Gasteiger partial charge in [-0.2, -0.15) is 0 Å². The highest BCUT2D eigenvalue weighted by Crippen LogP contribution is 2.25. The minimum atomic E-state index is -0.250. The van der Waals surface area contributed by atoms with Crippen molar-refractivity contribution in [1.29, 1.82) is 0 Å². The summed E-state index contributed by atoms with van der Waals surface area (Å²) in [6, 6.07) is 19.4. The van der Waals surface area contributed by atoms with E-state index in [1.807, 2.05) is 57.2 Å². The van der Waals surface area contributed by atoms with Gasteiger partial charge in [0, 0.05) is 12.1 Å². The van der Waals surface area contributed by atoms with Gasteiger partial charge in [0.1, 0.15) is 0 Å². The number of carbonyl (C=O) groups is 1. The molecule has 0 radical (unpaired) electrons. The monoisotopic (exact) mass is 407 g/mol. The van der Waals surface area contributed by atoms with Crippen molar-refractivity contribution in [3.05, 3.63) is 82.9 Å². The summed E-state index contributed by atoms with van der Waals surface area (Å²) in [6.45, 7) is 6.41. The van der Waals surface area contributed by atoms with Crippen LogP contribution in [0.2, 0.25) is 0 Å². The fraction of sp³-hybridized carbons (Fsp3) is 0.320. The van der Waals surface area contributed by atoms with Crippen LogP contribution in [0.15, 0.2) is 60.7 Å². The van der Waals surface area contributed by atoms with Crippen molar-refractivity contribution in [2.75, 3.05) is 13.6 Å². The molecule has 5 heteroatoms. The van der Waals surface area contributed by atoms with E-state index in [4.69, 9.17) is 0 Å². The molecular weight excluding hydrogens is 377 g/mol. The van der Waals surface area contributed by atoms with E-state index in [1.165, 1.54) is 0 Å². The summed E-state index contributed by atoms with van der Waals surface area (Å²) >= 11 is 0. The Balaban J connectivity index is 1.77. The fourth-order valence-electron chi connectivity index (χ4n) is 3.72. The lowest BCUT2D eigenvalue weighted by Gasteiger charge is -2.21. The van der Waals surface area contributed by atoms with Crippen molar-refractivity contribution in [3.8, 4) is 0 Å². The van der Waals surface area contributed by atoms with Crippen LogP contribution in [0, 0.1) is 6.92 Å². The SMILES string of the molecule is CNCC(C)N(F)Cc1ccc(C)c(C(=O)NC(C)c2cccc3ccccc23)c1. The van der Waals surface area contributed by atoms with Gasteiger partial charge in [-0.3, -0.25) is 4.79 Å². The number of fused-ring (bicyclic) bond motifs is 1. The number of aryl methyl sites for hydroxylation is 1. The van der Waals surface area contributed by atoms with E-state index in [1.54, 1.807) is 13.1 Å². The molecule has 0 aliphatic carbocycles. The number of hydrogen-bond donors (Lipinski definition) is 2. The molecule has 0 aromatic heterocycles. The first-order valence-corrected chi connectivity index (χ1v) is 10.4. The number of likely N-dealkylation sites (N-methyl/N-ethyl adjacent to an activating group) is 1. The first kappa shape index (κ1) is 21.9. The lowest BCUT2D eigenvalue weighted by atomic mass is 9.98. The van der Waals surface area contributed by atoms with Gasteiger partial charge in [-0.25, -0.2) is 0 Å². The summed E-state index contributed by atoms with van der Waals surface area (Å²) < 4.78 is 14.4. The number of rotatable bonds is 8. The summed E-state index contributed by atoms with van der Waals surface area (Å²) in [5.41, 5.74) is 3.30. The quantitative estimate of drug-likeness (QED) is 0.520. The molecular formula is C25H30FN3O. The van der Waals surface area contributed by atoms with Crippen LogP contribution in [0.25, 0.3) is 10.8 Å². The van der Waals surface area contributed by atoms with Crippen LogP contribution in [-0.4, -0.2) is 30.7 Å². The van der Waals surface area contributed by atoms with Crippen molar-refractivity contribution in [2.24, 2.45) is 0 Å². The molecule has 0 spiro atoms. The zero-order valence-corrected chi connectivity index (χ0v) is 18.1. The van der Waals surface area contributed by atoms with Gasteiger partial charge in [-0.15, -0.1) is 9.60 Å². The Morgan fingerprint density at radius 1 is 1.07 bits per heavy atom. The first-order chi connectivity index (χ1) is 14.4. The molecule has 0 bridgehead atoms. The highest BCUT2D eigenvalue weighted by molar-refractivity contribution is 5.96. The zero-order chi connectivity index (χ0) is 21.7. The van der Waals surface area contributed by atoms with Gasteiger partial charge in [0.2, 0.25) is 0 Å². The Labute approximate surface area is 178 Å². The molecule has 0 fully saturated rings. The lowest BCUT2D eigenvalue weighted by molar-refractivity contribution is -0.0232. The van der Waals surface area contributed by atoms with Crippen molar-refractivity contribution in [3.63, 3.8) is 0 Å². The molecule has 1 amide bonds. The Hall–Kier alpha value is -2.76. The highest BCUT2D eigenvalue weighted by atomic mass is 19.2. The number of benzene rings is 3. The summed E-state index contributed by atoms with van der Waals surface area (Å²) in [5.74, 6) is -0.150. The second-order valence-corrected chi connectivity index (χ2v) is 7.88. The molecule has 4 nitrogen and oxygen atoms in total. The van der Waals surface area contributed by atoms with E-state index < -0.39 is 0 Å². The molecule has 3 aromatic rings. The average molecular weight is 408 g/mol. The number of hydrogen-bond acceptors (Lipinski definition) is 3. The molecule has 2 N–H and O–H groups in total. The molecule has 0 saturated carbocycles. The van der Waals surface area contributed by atoms with Crippen LogP contribution < -0.4 is 10.6 Å². The van der Waals surface area contributed by atoms with E-state index in [0.29, 0.717) is 12.1 Å². The summed E-state index contributed by atoms with van der Waals surface area (Å²) in [6.07, 6.45) is 0. The minimum Gasteiger partial charge on any atom is -0.345 e. The zero-order valence-electron chi connectivity index (χ0n) is 18.1. The Morgan fingerprint density at radius 3 is 2.57 bits per heavy atom. The third-order valence-corrected chi connectivity index (χ3v) is 5.50. The Kier molecular flexibility index (Phi) is 7.19. The van der Waals surface area contributed by atoms with Gasteiger partial charge in [-0.05, 0) is 61.3 Å². The second kappa shape index (κ2) is 9.83. The standard InChI is InChI=1S/C25H30FN3O/c1-17-12-13-20(16-29(26)18(2)15-27-4)14-24(17)25(30)28-19(3)22-11-7-9-21-8-5-6-10-23(21)22/h5-14,18-19,27H,15-16H2,1-4H3,(H,28,30). The Morgan fingerprint density at radius 2 is 1.80 bits per heavy atom. The second-order valence-electron chi connectivity index (χ2n) is 7.88. The molecule has 2 atom stereocenters. The largest absolute Gasteiger partial charge is 0.345 e. The molecule has 2 unspecified atom stereocenters. The maximum absolute atomic E-state index is 14.4. The maximum atomic E-state index is 14.4. The van der Waals surface area contributed by atoms with Gasteiger partial charge >= 0.3 is 0 Å². The molecule has 3 rings (SSSR count). The number of halogens is 1. The number of nitrogens with zero attached hydrogens (tertiary/aromatic N) is 1. The minimum absolute atomic E-state index is 0.141. The number of nitrogens with one attached hydrogen (secondary N) is 2. The maximum Gasteiger partial charge on any atom is 0.252 e. The molecule has 0 heterocycles. The van der Waals surface area contributed by atoms with E-state index in [0.717, 1.165) is 32.6 Å². The molecule has 0 aliphatic rings. The van der Waals surface area contributed by atoms with Gasteiger partial charge in [0.25, 0.3) is 5.91 Å². The van der Waals surface area contributed by atoms with Crippen LogP contribution in [-0.2, 0) is 6.54 Å². The number of amides is 1. The normalized spacial score (nSPS) is 13.4. The van der Waals surface area contributed by atoms with Crippen molar-refractivity contribution >= 4 is 16.7 Å². The first-order valence-electron chi connectivity index (χ1n) is 10.4. The highest BCUT2D eigenvalue weighted by Gasteiger charge is 2.18. The number of carbonyl (C=O) groups excluding carboxylic acids is 1. The third-order valence-electron chi connectivity index (χ3n) is 5.50. The molecule has 30 heavy (non-hydrogen) atoms. The van der Waals surface area contributed by atoms with Gasteiger partial charge in [0.05, 0.1) is 18.6 Å². The van der Waals surface area contributed by atoms with Crippen molar-refractivity contribution in [2.45, 2.75) is 39.4 Å². The lowest BCUT2D eigenvalue weighted by Crippen LogP contribution is -2.33. The smallest absolute Gasteiger partial charge is 0.252 e. The third kappa shape index (κ3) is 5.04. The summed E-state index contributed by atoms with van der Waals surface area (Å²) in [7, 11) is 1.80. The van der Waals surface area contributed by atoms with E-state index >= 15 is 0 Å². The van der Waals surface area contributed by atoms with Crippen molar-refractivity contribution in [1.82, 2.24) is 15.8 Å². The summed E-state index contributed by atoms with van der Waals surface area (Å²) in [5, 5.41) is 9.16. The van der Waals surface area contributed by atoms with Crippen LogP contribution in [0.4, 0.5) is 4.48 Å². The van der Waals surface area contributed by atoms with Gasteiger partial charge in [-0.1, -0.05) is 54.6 Å². The van der Waals surface area contributed by atoms with E-state index in [-0.39, 0.29) is 24.5 Å². The average Bonchev–Trinajstić information content (AvgIpc) is 2.74. The fourth-order valence-corrected chi connectivity index (χ4v) is 3.72. The Bertz CT molecular complexity index is 1010. The summed E-state index contributed by atoms with van der Waals surface area (Å²) in [4.78, 5) is 13.0. The van der Waals surface area contributed by atoms with Crippen LogP contribution >= 0.6 is 0 Å². The van der Waals surface area contributed by atoms with E-state index in [9.17, 15) is 9.28 Å². The predicted molar refractivity (Wildman–Crippen MR) is 121 cm³/mol. The van der Waals surface area contributed by atoms with Crippen LogP contribution in [0.5, 0.6) is 0 Å². The predicted octanol–water partition coefficient (Wildman–Crippen LogP) is 4.93. The molecule has 158 valence electrons. The molecule has 3 aromatic carbocycles. The van der Waals surface area contributed by atoms with Gasteiger partial charge < -0.3 is 10.6 Å². The topological polar surface area (TPSA) is 44.4 Å². The van der Waals surface area contributed by atoms with Crippen LogP contribution in [0.1, 0.15) is 46.9 Å². The molecule has 0 aliphatic heterocycles.